The van der Waals surface area contributed by atoms with Crippen molar-refractivity contribution in [1.82, 2.24) is 9.62 Å². The zero-order chi connectivity index (χ0) is 27.0. The number of aliphatic carboxylic acids is 1. The number of carbonyl (C=O) groups is 1. The first-order chi connectivity index (χ1) is 17.7. The van der Waals surface area contributed by atoms with Crippen LogP contribution in [0.1, 0.15) is 111 Å². The summed E-state index contributed by atoms with van der Waals surface area (Å²) in [5.74, 6) is -0.832. The molecule has 0 aromatic rings. The van der Waals surface area contributed by atoms with Crippen LogP contribution in [0.5, 0.6) is 0 Å². The fourth-order valence-corrected chi connectivity index (χ4v) is 7.59. The summed E-state index contributed by atoms with van der Waals surface area (Å²) in [6, 6.07) is 1.05. The van der Waals surface area contributed by atoms with Gasteiger partial charge in [-0.3, -0.25) is 9.71 Å². The van der Waals surface area contributed by atoms with E-state index >= 15 is 0 Å². The second-order valence-corrected chi connectivity index (χ2v) is 13.3. The molecule has 208 valence electrons. The van der Waals surface area contributed by atoms with Gasteiger partial charge in [-0.2, -0.15) is 0 Å². The molecule has 0 heterocycles. The first-order valence-electron chi connectivity index (χ1n) is 14.3. The number of nitrogens with zero attached hydrogens (tertiary/aromatic N) is 2. The molecular formula is C30H49N3O2S2. The minimum atomic E-state index is -0.832. The summed E-state index contributed by atoms with van der Waals surface area (Å²) in [7, 11) is 1.91. The molecule has 0 aromatic heterocycles. The molecule has 0 atom stereocenters. The van der Waals surface area contributed by atoms with Gasteiger partial charge in [0, 0.05) is 30.6 Å². The maximum Gasteiger partial charge on any atom is 0.336 e. The number of nitrogens with one attached hydrogen (secondary N) is 1. The van der Waals surface area contributed by atoms with E-state index in [0.29, 0.717) is 24.2 Å². The first kappa shape index (κ1) is 30.4. The lowest BCUT2D eigenvalue weighted by Crippen LogP contribution is -2.47. The predicted molar refractivity (Wildman–Crippen MR) is 162 cm³/mol. The average Bonchev–Trinajstić information content (AvgIpc) is 2.88. The number of thioether (sulfide) groups is 1. The van der Waals surface area contributed by atoms with Gasteiger partial charge < -0.3 is 10.0 Å². The van der Waals surface area contributed by atoms with Gasteiger partial charge in [0.05, 0.1) is 5.57 Å². The van der Waals surface area contributed by atoms with Crippen LogP contribution in [0.15, 0.2) is 38.3 Å². The van der Waals surface area contributed by atoms with Crippen molar-refractivity contribution in [2.24, 2.45) is 10.4 Å². The van der Waals surface area contributed by atoms with E-state index in [9.17, 15) is 9.90 Å². The van der Waals surface area contributed by atoms with Gasteiger partial charge in [0.15, 0.2) is 5.17 Å². The average molecular weight is 548 g/mol. The highest BCUT2D eigenvalue weighted by Gasteiger charge is 2.34. The van der Waals surface area contributed by atoms with E-state index in [1.54, 1.807) is 11.8 Å². The Morgan fingerprint density at radius 1 is 1.14 bits per heavy atom. The van der Waals surface area contributed by atoms with E-state index in [-0.39, 0.29) is 5.41 Å². The largest absolute Gasteiger partial charge is 0.478 e. The van der Waals surface area contributed by atoms with Crippen LogP contribution >= 0.6 is 24.6 Å². The van der Waals surface area contributed by atoms with E-state index < -0.39 is 5.97 Å². The fraction of sp³-hybridized carbons (Fsp3) is 0.733. The lowest BCUT2D eigenvalue weighted by Gasteiger charge is -2.43. The first-order valence-corrected chi connectivity index (χ1v) is 15.6. The van der Waals surface area contributed by atoms with Crippen LogP contribution in [0.4, 0.5) is 0 Å². The molecule has 0 saturated heterocycles. The Hall–Kier alpha value is -1.18. The number of hydrogen-bond acceptors (Lipinski definition) is 5. The Morgan fingerprint density at radius 2 is 1.70 bits per heavy atom. The molecule has 0 unspecified atom stereocenters. The lowest BCUT2D eigenvalue weighted by atomic mass is 9.72. The molecule has 0 spiro atoms. The SMILES string of the molecule is C/N=C(\SC(=C/CNS)/C(C)=C(\C(=O)O)C1=C(C)CCC(C)(C)C1)N(C1CCCCC1)C1CCCCC1. The van der Waals surface area contributed by atoms with Crippen molar-refractivity contribution < 1.29 is 9.90 Å². The van der Waals surface area contributed by atoms with Crippen molar-refractivity contribution in [3.05, 3.63) is 33.3 Å². The van der Waals surface area contributed by atoms with Gasteiger partial charge in [-0.25, -0.2) is 4.79 Å². The Bertz CT molecular complexity index is 905. The third-order valence-corrected chi connectivity index (χ3v) is 9.99. The zero-order valence-electron chi connectivity index (χ0n) is 23.7. The van der Waals surface area contributed by atoms with E-state index in [1.165, 1.54) is 69.8 Å². The molecular weight excluding hydrogens is 498 g/mol. The molecule has 0 aromatic carbocycles. The van der Waals surface area contributed by atoms with Crippen molar-refractivity contribution in [2.75, 3.05) is 13.6 Å². The molecule has 0 aliphatic heterocycles. The summed E-state index contributed by atoms with van der Waals surface area (Å²) < 4.78 is 2.94. The van der Waals surface area contributed by atoms with Gasteiger partial charge in [0.1, 0.15) is 0 Å². The van der Waals surface area contributed by atoms with Gasteiger partial charge in [-0.15, -0.1) is 0 Å². The third kappa shape index (κ3) is 8.15. The van der Waals surface area contributed by atoms with E-state index in [4.69, 9.17) is 4.99 Å². The highest BCUT2D eigenvalue weighted by molar-refractivity contribution is 8.17. The number of aliphatic imine (C=N–C) groups is 1. The van der Waals surface area contributed by atoms with Crippen molar-refractivity contribution in [1.29, 1.82) is 0 Å². The Labute approximate surface area is 235 Å². The molecule has 3 aliphatic carbocycles. The molecule has 0 bridgehead atoms. The molecule has 3 rings (SSSR count). The topological polar surface area (TPSA) is 64.9 Å². The minimum absolute atomic E-state index is 0.105. The predicted octanol–water partition coefficient (Wildman–Crippen LogP) is 7.92. The Kier molecular flexibility index (Phi) is 11.7. The van der Waals surface area contributed by atoms with Gasteiger partial charge >= 0.3 is 5.97 Å². The van der Waals surface area contributed by atoms with Crippen LogP contribution in [-0.4, -0.2) is 46.8 Å². The van der Waals surface area contributed by atoms with Gasteiger partial charge in [0.2, 0.25) is 0 Å². The number of rotatable bonds is 8. The molecule has 0 radical (unpaired) electrons. The highest BCUT2D eigenvalue weighted by atomic mass is 32.2. The quantitative estimate of drug-likeness (QED) is 0.0947. The van der Waals surface area contributed by atoms with Crippen molar-refractivity contribution in [3.63, 3.8) is 0 Å². The molecule has 7 heteroatoms. The number of allylic oxidation sites excluding steroid dienone is 2. The molecule has 2 N–H and O–H groups in total. The van der Waals surface area contributed by atoms with E-state index in [0.717, 1.165) is 40.5 Å². The normalized spacial score (nSPS) is 23.2. The lowest BCUT2D eigenvalue weighted by molar-refractivity contribution is -0.132. The highest BCUT2D eigenvalue weighted by Crippen LogP contribution is 2.44. The maximum atomic E-state index is 12.8. The van der Waals surface area contributed by atoms with Crippen LogP contribution in [0.2, 0.25) is 0 Å². The summed E-state index contributed by atoms with van der Waals surface area (Å²) >= 11 is 5.89. The van der Waals surface area contributed by atoms with Crippen LogP contribution in [0.25, 0.3) is 0 Å². The summed E-state index contributed by atoms with van der Waals surface area (Å²) in [6.45, 7) is 9.15. The van der Waals surface area contributed by atoms with Crippen LogP contribution in [0, 0.1) is 5.41 Å². The molecule has 3 aliphatic rings. The molecule has 2 fully saturated rings. The summed E-state index contributed by atoms with van der Waals surface area (Å²) in [4.78, 5) is 21.2. The Balaban J connectivity index is 2.02. The molecule has 0 amide bonds. The van der Waals surface area contributed by atoms with Crippen LogP contribution in [-0.2, 0) is 4.79 Å². The van der Waals surface area contributed by atoms with Crippen molar-refractivity contribution in [3.8, 4) is 0 Å². The van der Waals surface area contributed by atoms with Gasteiger partial charge in [0.25, 0.3) is 0 Å². The van der Waals surface area contributed by atoms with Crippen molar-refractivity contribution >= 4 is 35.7 Å². The van der Waals surface area contributed by atoms with E-state index in [2.05, 4.69) is 49.3 Å². The van der Waals surface area contributed by atoms with Gasteiger partial charge in [-0.1, -0.05) is 88.6 Å². The number of thiol groups is 1. The second-order valence-electron chi connectivity index (χ2n) is 11.9. The summed E-state index contributed by atoms with van der Waals surface area (Å²) in [5, 5.41) is 11.5. The second kappa shape index (κ2) is 14.3. The number of carboxylic acid groups (broad SMARTS) is 1. The number of carboxylic acids is 1. The van der Waals surface area contributed by atoms with Crippen molar-refractivity contribution in [2.45, 2.75) is 123 Å². The minimum Gasteiger partial charge on any atom is -0.478 e. The van der Waals surface area contributed by atoms with Crippen LogP contribution in [0.3, 0.4) is 0 Å². The number of amidine groups is 1. The van der Waals surface area contributed by atoms with Gasteiger partial charge in [-0.05, 0) is 75.4 Å². The standard InChI is InChI=1S/C30H49N3O2S2/c1-21-16-18-30(3,4)20-25(21)27(28(34)35)22(2)26(17-19-32-36)37-29(31-5)33(23-12-8-6-9-13-23)24-14-10-7-11-15-24/h17,23-24,32,36H,6-16,18-20H2,1-5H3,(H,34,35)/b26-17+,27-22-,31-29-. The Morgan fingerprint density at radius 3 is 2.19 bits per heavy atom. The van der Waals surface area contributed by atoms with Crippen LogP contribution < -0.4 is 4.72 Å². The fourth-order valence-electron chi connectivity index (χ4n) is 6.39. The third-order valence-electron chi connectivity index (χ3n) is 8.54. The smallest absolute Gasteiger partial charge is 0.336 e. The monoisotopic (exact) mass is 547 g/mol. The molecule has 37 heavy (non-hydrogen) atoms. The number of hydrogen-bond donors (Lipinski definition) is 3. The zero-order valence-corrected chi connectivity index (χ0v) is 25.4. The summed E-state index contributed by atoms with van der Waals surface area (Å²) in [5.41, 5.74) is 3.64. The molecule has 2 saturated carbocycles. The molecule has 5 nitrogen and oxygen atoms in total. The maximum absolute atomic E-state index is 12.8. The summed E-state index contributed by atoms with van der Waals surface area (Å²) in [6.07, 6.45) is 17.6. The van der Waals surface area contributed by atoms with E-state index in [1.807, 2.05) is 14.0 Å².